The third-order valence-corrected chi connectivity index (χ3v) is 7.31. The molecule has 4 bridgehead atoms. The molecule has 0 amide bonds. The van der Waals surface area contributed by atoms with Crippen LogP contribution in [-0.4, -0.2) is 41.5 Å². The van der Waals surface area contributed by atoms with E-state index in [9.17, 15) is 27.1 Å². The van der Waals surface area contributed by atoms with Crippen LogP contribution in [0.25, 0.3) is 0 Å². The molecule has 0 spiro atoms. The van der Waals surface area contributed by atoms with Gasteiger partial charge in [-0.1, -0.05) is 13.8 Å². The number of aliphatic hydroxyl groups is 1. The number of halogens is 2. The molecule has 6 nitrogen and oxygen atoms in total. The van der Waals surface area contributed by atoms with Gasteiger partial charge in [0.1, 0.15) is 0 Å². The van der Waals surface area contributed by atoms with Gasteiger partial charge < -0.3 is 9.84 Å². The number of alkyl halides is 2. The fourth-order valence-electron chi connectivity index (χ4n) is 5.68. The largest absolute Gasteiger partial charge is 0.458 e. The van der Waals surface area contributed by atoms with Crippen molar-refractivity contribution in [1.82, 2.24) is 0 Å². The van der Waals surface area contributed by atoms with Gasteiger partial charge in [0.25, 0.3) is 0 Å². The summed E-state index contributed by atoms with van der Waals surface area (Å²) < 4.78 is 61.3. The van der Waals surface area contributed by atoms with Gasteiger partial charge in [0.05, 0.1) is 11.5 Å². The van der Waals surface area contributed by atoms with Gasteiger partial charge in [0.2, 0.25) is 0 Å². The summed E-state index contributed by atoms with van der Waals surface area (Å²) in [6.45, 7) is 2.38. The van der Waals surface area contributed by atoms with Crippen LogP contribution in [0.3, 0.4) is 0 Å². The van der Waals surface area contributed by atoms with Gasteiger partial charge in [-0.25, -0.2) is 0 Å². The number of hydrogen-bond acceptors (Lipinski definition) is 5. The minimum Gasteiger partial charge on any atom is -0.458 e. The summed E-state index contributed by atoms with van der Waals surface area (Å²) in [6, 6.07) is 0. The average Bonchev–Trinajstić information content (AvgIpc) is 2.46. The summed E-state index contributed by atoms with van der Waals surface area (Å²) in [7, 11) is -5.64. The topological polar surface area (TPSA) is 101 Å². The Bertz CT molecular complexity index is 679. The Labute approximate surface area is 152 Å². The van der Waals surface area contributed by atoms with Crippen molar-refractivity contribution in [2.75, 3.05) is 6.61 Å². The standard InChI is InChI=1S/C17H26F2O6S/c1-9(2)3-13-12-5-10-4-11(7-16(13,21)6-10)14(12)15(20)25-8-17(18,19)26(22,23)24/h9-14,21H,3-8H2,1-2H3,(H,22,23,24). The molecule has 150 valence electrons. The predicted molar refractivity (Wildman–Crippen MR) is 87.8 cm³/mol. The molecule has 0 aromatic carbocycles. The van der Waals surface area contributed by atoms with Gasteiger partial charge >= 0.3 is 21.3 Å². The van der Waals surface area contributed by atoms with Crippen molar-refractivity contribution < 1.29 is 36.4 Å². The summed E-state index contributed by atoms with van der Waals surface area (Å²) in [5.74, 6) is -1.16. The molecule has 6 atom stereocenters. The first-order valence-electron chi connectivity index (χ1n) is 9.08. The Morgan fingerprint density at radius 3 is 2.54 bits per heavy atom. The van der Waals surface area contributed by atoms with Crippen molar-refractivity contribution in [2.24, 2.45) is 35.5 Å². The van der Waals surface area contributed by atoms with E-state index in [4.69, 9.17) is 4.55 Å². The monoisotopic (exact) mass is 396 g/mol. The van der Waals surface area contributed by atoms with Crippen LogP contribution in [0, 0.1) is 35.5 Å². The molecule has 6 unspecified atom stereocenters. The van der Waals surface area contributed by atoms with Crippen LogP contribution in [0.15, 0.2) is 0 Å². The Morgan fingerprint density at radius 1 is 1.31 bits per heavy atom. The Kier molecular flexibility index (Phi) is 4.89. The third-order valence-electron chi connectivity index (χ3n) is 6.43. The zero-order valence-corrected chi connectivity index (χ0v) is 15.7. The van der Waals surface area contributed by atoms with Gasteiger partial charge in [0.15, 0.2) is 6.61 Å². The second kappa shape index (κ2) is 6.38. The maximum atomic E-state index is 13.4. The molecule has 4 aliphatic carbocycles. The van der Waals surface area contributed by atoms with E-state index in [0.717, 1.165) is 25.7 Å². The molecule has 0 aromatic heterocycles. The predicted octanol–water partition coefficient (Wildman–Crippen LogP) is 2.47. The Balaban J connectivity index is 1.76. The minimum absolute atomic E-state index is 0.0880. The Hall–Kier alpha value is -0.800. The fraction of sp³-hybridized carbons (Fsp3) is 0.941. The number of rotatable bonds is 6. The zero-order valence-electron chi connectivity index (χ0n) is 14.9. The molecule has 2 N–H and O–H groups in total. The van der Waals surface area contributed by atoms with Gasteiger partial charge in [-0.05, 0) is 61.7 Å². The highest BCUT2D eigenvalue weighted by molar-refractivity contribution is 7.86. The van der Waals surface area contributed by atoms with E-state index >= 15 is 0 Å². The van der Waals surface area contributed by atoms with E-state index in [-0.39, 0.29) is 17.8 Å². The first kappa shape index (κ1) is 19.9. The van der Waals surface area contributed by atoms with E-state index in [0.29, 0.717) is 18.3 Å². The number of ether oxygens (including phenoxy) is 1. The number of esters is 1. The number of carbonyl (C=O) groups is 1. The van der Waals surface area contributed by atoms with Crippen LogP contribution in [-0.2, 0) is 19.6 Å². The van der Waals surface area contributed by atoms with Crippen LogP contribution in [0.2, 0.25) is 0 Å². The van der Waals surface area contributed by atoms with E-state index in [1.165, 1.54) is 0 Å². The van der Waals surface area contributed by atoms with Crippen molar-refractivity contribution in [2.45, 2.75) is 56.8 Å². The summed E-state index contributed by atoms with van der Waals surface area (Å²) in [6.07, 6.45) is 3.42. The van der Waals surface area contributed by atoms with E-state index in [2.05, 4.69) is 4.74 Å². The first-order chi connectivity index (χ1) is 11.8. The molecule has 26 heavy (non-hydrogen) atoms. The minimum atomic E-state index is -5.64. The molecular weight excluding hydrogens is 370 g/mol. The summed E-state index contributed by atoms with van der Waals surface area (Å²) in [5.41, 5.74) is -0.810. The summed E-state index contributed by atoms with van der Waals surface area (Å²) >= 11 is 0. The van der Waals surface area contributed by atoms with Crippen LogP contribution >= 0.6 is 0 Å². The molecule has 0 heterocycles. The Morgan fingerprint density at radius 2 is 1.96 bits per heavy atom. The number of hydrogen-bond donors (Lipinski definition) is 2. The first-order valence-corrected chi connectivity index (χ1v) is 10.5. The fourth-order valence-corrected chi connectivity index (χ4v) is 5.89. The quantitative estimate of drug-likeness (QED) is 0.528. The van der Waals surface area contributed by atoms with Crippen LogP contribution in [0.1, 0.15) is 46.0 Å². The van der Waals surface area contributed by atoms with E-state index in [1.807, 2.05) is 13.8 Å². The second-order valence-electron chi connectivity index (χ2n) is 8.76. The molecule has 0 aromatic rings. The molecule has 9 heteroatoms. The maximum Gasteiger partial charge on any atom is 0.402 e. The summed E-state index contributed by atoms with van der Waals surface area (Å²) in [4.78, 5) is 12.5. The van der Waals surface area contributed by atoms with Gasteiger partial charge in [-0.3, -0.25) is 9.35 Å². The maximum absolute atomic E-state index is 13.4. The molecule has 4 aliphatic rings. The van der Waals surface area contributed by atoms with Crippen molar-refractivity contribution in [3.8, 4) is 0 Å². The van der Waals surface area contributed by atoms with Gasteiger partial charge in [0, 0.05) is 0 Å². The average molecular weight is 396 g/mol. The lowest BCUT2D eigenvalue weighted by molar-refractivity contribution is -0.212. The van der Waals surface area contributed by atoms with E-state index < -0.39 is 39.5 Å². The second-order valence-corrected chi connectivity index (χ2v) is 10.3. The van der Waals surface area contributed by atoms with E-state index in [1.54, 1.807) is 0 Å². The molecular formula is C17H26F2O6S. The summed E-state index contributed by atoms with van der Waals surface area (Å²) in [5, 5.41) is 6.57. The SMILES string of the molecule is CC(C)CC1C2CC3CC(CC1(O)C3)C2C(=O)OCC(F)(F)S(=O)(=O)O. The molecule has 0 radical (unpaired) electrons. The number of carbonyl (C=O) groups excluding carboxylic acids is 1. The van der Waals surface area contributed by atoms with Crippen molar-refractivity contribution >= 4 is 16.1 Å². The van der Waals surface area contributed by atoms with Crippen LogP contribution in [0.5, 0.6) is 0 Å². The highest BCUT2D eigenvalue weighted by Crippen LogP contribution is 2.62. The molecule has 4 rings (SSSR count). The highest BCUT2D eigenvalue weighted by atomic mass is 32.2. The lowest BCUT2D eigenvalue weighted by atomic mass is 9.45. The molecule has 0 saturated heterocycles. The lowest BCUT2D eigenvalue weighted by Crippen LogP contribution is -2.62. The molecule has 4 fully saturated rings. The van der Waals surface area contributed by atoms with Crippen LogP contribution < -0.4 is 0 Å². The van der Waals surface area contributed by atoms with Gasteiger partial charge in [-0.2, -0.15) is 17.2 Å². The highest BCUT2D eigenvalue weighted by Gasteiger charge is 2.62. The third kappa shape index (κ3) is 3.38. The normalized spacial score (nSPS) is 39.4. The van der Waals surface area contributed by atoms with Crippen molar-refractivity contribution in [3.05, 3.63) is 0 Å². The van der Waals surface area contributed by atoms with Gasteiger partial charge in [-0.15, -0.1) is 0 Å². The van der Waals surface area contributed by atoms with Crippen molar-refractivity contribution in [1.29, 1.82) is 0 Å². The van der Waals surface area contributed by atoms with Crippen molar-refractivity contribution in [3.63, 3.8) is 0 Å². The van der Waals surface area contributed by atoms with Crippen LogP contribution in [0.4, 0.5) is 8.78 Å². The molecule has 0 aliphatic heterocycles. The molecule has 4 saturated carbocycles. The smallest absolute Gasteiger partial charge is 0.402 e. The lowest BCUT2D eigenvalue weighted by Gasteiger charge is -2.61. The zero-order chi connectivity index (χ0) is 19.5.